The van der Waals surface area contributed by atoms with Crippen LogP contribution in [-0.4, -0.2) is 36.0 Å². The number of nitrogens with one attached hydrogen (secondary N) is 1. The van der Waals surface area contributed by atoms with E-state index in [4.69, 9.17) is 23.2 Å². The zero-order valence-electron chi connectivity index (χ0n) is 13.4. The van der Waals surface area contributed by atoms with Crippen LogP contribution < -0.4 is 5.32 Å². The van der Waals surface area contributed by atoms with Crippen molar-refractivity contribution in [2.45, 2.75) is 57.0 Å². The number of carbonyl (C=O) groups excluding carboxylic acids is 1. The van der Waals surface area contributed by atoms with Crippen LogP contribution in [0.15, 0.2) is 18.2 Å². The van der Waals surface area contributed by atoms with Crippen molar-refractivity contribution in [1.29, 1.82) is 0 Å². The number of amides is 1. The highest BCUT2D eigenvalue weighted by molar-refractivity contribution is 6.42. The van der Waals surface area contributed by atoms with E-state index in [-0.39, 0.29) is 11.9 Å². The maximum absolute atomic E-state index is 12.4. The Kier molecular flexibility index (Phi) is 5.84. The van der Waals surface area contributed by atoms with Crippen molar-refractivity contribution in [3.8, 4) is 0 Å². The number of halogens is 2. The van der Waals surface area contributed by atoms with Crippen LogP contribution in [0.3, 0.4) is 0 Å². The molecule has 5 heteroatoms. The molecule has 3 rings (SSSR count). The largest absolute Gasteiger partial charge is 0.352 e. The molecule has 1 saturated carbocycles. The highest BCUT2D eigenvalue weighted by Crippen LogP contribution is 2.27. The summed E-state index contributed by atoms with van der Waals surface area (Å²) < 4.78 is 0. The minimum atomic E-state index is 0.0829. The number of benzene rings is 1. The minimum Gasteiger partial charge on any atom is -0.352 e. The van der Waals surface area contributed by atoms with Gasteiger partial charge in [0.05, 0.1) is 16.5 Å². The third kappa shape index (κ3) is 4.40. The Balaban J connectivity index is 1.59. The molecule has 3 nitrogen and oxygen atoms in total. The normalized spacial score (nSPS) is 25.5. The van der Waals surface area contributed by atoms with Crippen molar-refractivity contribution >= 4 is 29.1 Å². The SMILES string of the molecule is O=C(Cc1ccc(Cl)c(Cl)c1)N[C@H]1CCCC[C@H]1N1CCCC1. The molecule has 0 unspecified atom stereocenters. The fraction of sp³-hybridized carbons (Fsp3) is 0.611. The molecule has 1 aromatic carbocycles. The summed E-state index contributed by atoms with van der Waals surface area (Å²) in [4.78, 5) is 15.0. The molecule has 0 spiro atoms. The molecule has 0 aromatic heterocycles. The van der Waals surface area contributed by atoms with Crippen LogP contribution in [0.25, 0.3) is 0 Å². The van der Waals surface area contributed by atoms with Gasteiger partial charge >= 0.3 is 0 Å². The molecule has 1 heterocycles. The summed E-state index contributed by atoms with van der Waals surface area (Å²) >= 11 is 12.0. The molecular formula is C18H24Cl2N2O. The Morgan fingerprint density at radius 1 is 1.09 bits per heavy atom. The number of carbonyl (C=O) groups is 1. The van der Waals surface area contributed by atoms with Gasteiger partial charge in [-0.25, -0.2) is 0 Å². The third-order valence-electron chi connectivity index (χ3n) is 5.03. The van der Waals surface area contributed by atoms with Crippen molar-refractivity contribution < 1.29 is 4.79 Å². The van der Waals surface area contributed by atoms with Gasteiger partial charge < -0.3 is 5.32 Å². The highest BCUT2D eigenvalue weighted by Gasteiger charge is 2.32. The van der Waals surface area contributed by atoms with E-state index >= 15 is 0 Å². The third-order valence-corrected chi connectivity index (χ3v) is 5.77. The van der Waals surface area contributed by atoms with Crippen LogP contribution in [0.1, 0.15) is 44.1 Å². The van der Waals surface area contributed by atoms with E-state index in [2.05, 4.69) is 10.2 Å². The fourth-order valence-electron chi connectivity index (χ4n) is 3.88. The highest BCUT2D eigenvalue weighted by atomic mass is 35.5. The van der Waals surface area contributed by atoms with Gasteiger partial charge in [0, 0.05) is 12.1 Å². The monoisotopic (exact) mass is 354 g/mol. The molecule has 1 aliphatic carbocycles. The molecule has 1 amide bonds. The molecule has 1 aliphatic heterocycles. The zero-order valence-corrected chi connectivity index (χ0v) is 14.9. The standard InChI is InChI=1S/C18H24Cl2N2O/c19-14-8-7-13(11-15(14)20)12-18(23)21-16-5-1-2-6-17(16)22-9-3-4-10-22/h7-8,11,16-17H,1-6,9-10,12H2,(H,21,23)/t16-,17+/m0/s1. The van der Waals surface area contributed by atoms with Crippen molar-refractivity contribution in [1.82, 2.24) is 10.2 Å². The number of nitrogens with zero attached hydrogens (tertiary/aromatic N) is 1. The molecule has 0 bridgehead atoms. The molecule has 0 radical (unpaired) electrons. The first-order chi connectivity index (χ1) is 11.1. The average molecular weight is 355 g/mol. The molecule has 126 valence electrons. The lowest BCUT2D eigenvalue weighted by Gasteiger charge is -2.38. The summed E-state index contributed by atoms with van der Waals surface area (Å²) in [7, 11) is 0. The summed E-state index contributed by atoms with van der Waals surface area (Å²) in [6.07, 6.45) is 7.73. The number of likely N-dealkylation sites (tertiary alicyclic amines) is 1. The number of hydrogen-bond donors (Lipinski definition) is 1. The second-order valence-corrected chi connectivity index (χ2v) is 7.51. The smallest absolute Gasteiger partial charge is 0.224 e. The van der Waals surface area contributed by atoms with Gasteiger partial charge in [0.1, 0.15) is 0 Å². The summed E-state index contributed by atoms with van der Waals surface area (Å²) in [5, 5.41) is 4.30. The molecule has 23 heavy (non-hydrogen) atoms. The van der Waals surface area contributed by atoms with Crippen LogP contribution in [0.2, 0.25) is 10.0 Å². The van der Waals surface area contributed by atoms with Crippen molar-refractivity contribution in [3.05, 3.63) is 33.8 Å². The lowest BCUT2D eigenvalue weighted by molar-refractivity contribution is -0.121. The predicted molar refractivity (Wildman–Crippen MR) is 95.2 cm³/mol. The average Bonchev–Trinajstić information content (AvgIpc) is 3.06. The maximum atomic E-state index is 12.4. The molecule has 2 aliphatic rings. The summed E-state index contributed by atoms with van der Waals surface area (Å²) in [5.41, 5.74) is 0.908. The topological polar surface area (TPSA) is 32.3 Å². The second kappa shape index (κ2) is 7.87. The molecular weight excluding hydrogens is 331 g/mol. The van der Waals surface area contributed by atoms with Crippen molar-refractivity contribution in [3.63, 3.8) is 0 Å². The minimum absolute atomic E-state index is 0.0829. The van der Waals surface area contributed by atoms with Gasteiger partial charge in [-0.05, 0) is 56.5 Å². The summed E-state index contributed by atoms with van der Waals surface area (Å²) in [6, 6.07) is 6.20. The summed E-state index contributed by atoms with van der Waals surface area (Å²) in [6.45, 7) is 2.37. The van der Waals surface area contributed by atoms with E-state index in [1.807, 2.05) is 6.07 Å². The van der Waals surface area contributed by atoms with E-state index in [0.29, 0.717) is 22.5 Å². The first-order valence-electron chi connectivity index (χ1n) is 8.61. The second-order valence-electron chi connectivity index (χ2n) is 6.69. The number of hydrogen-bond acceptors (Lipinski definition) is 2. The quantitative estimate of drug-likeness (QED) is 0.883. The number of rotatable bonds is 4. The van der Waals surface area contributed by atoms with E-state index in [0.717, 1.165) is 12.0 Å². The van der Waals surface area contributed by atoms with Gasteiger partial charge in [-0.1, -0.05) is 42.1 Å². The van der Waals surface area contributed by atoms with E-state index < -0.39 is 0 Å². The summed E-state index contributed by atoms with van der Waals surface area (Å²) in [5.74, 6) is 0.0829. The Morgan fingerprint density at radius 2 is 1.83 bits per heavy atom. The molecule has 1 aromatic rings. The molecule has 2 atom stereocenters. The molecule has 2 fully saturated rings. The van der Waals surface area contributed by atoms with Crippen molar-refractivity contribution in [2.75, 3.05) is 13.1 Å². The maximum Gasteiger partial charge on any atom is 0.224 e. The van der Waals surface area contributed by atoms with Gasteiger partial charge in [0.25, 0.3) is 0 Å². The lowest BCUT2D eigenvalue weighted by atomic mass is 9.89. The lowest BCUT2D eigenvalue weighted by Crippen LogP contribution is -2.52. The Hall–Kier alpha value is -0.770. The van der Waals surface area contributed by atoms with Crippen LogP contribution in [0.5, 0.6) is 0 Å². The van der Waals surface area contributed by atoms with Crippen molar-refractivity contribution in [2.24, 2.45) is 0 Å². The Labute approximate surface area is 148 Å². The fourth-order valence-corrected chi connectivity index (χ4v) is 4.20. The first-order valence-corrected chi connectivity index (χ1v) is 9.36. The Bertz CT molecular complexity index is 558. The van der Waals surface area contributed by atoms with Gasteiger partial charge in [-0.2, -0.15) is 0 Å². The van der Waals surface area contributed by atoms with Gasteiger partial charge in [-0.3, -0.25) is 9.69 Å². The van der Waals surface area contributed by atoms with Crippen LogP contribution >= 0.6 is 23.2 Å². The molecule has 1 saturated heterocycles. The zero-order chi connectivity index (χ0) is 16.2. The van der Waals surface area contributed by atoms with Gasteiger partial charge in [0.15, 0.2) is 0 Å². The van der Waals surface area contributed by atoms with E-state index in [1.54, 1.807) is 12.1 Å². The van der Waals surface area contributed by atoms with Gasteiger partial charge in [-0.15, -0.1) is 0 Å². The molecule has 1 N–H and O–H groups in total. The van der Waals surface area contributed by atoms with Crippen LogP contribution in [0, 0.1) is 0 Å². The van der Waals surface area contributed by atoms with E-state index in [1.165, 1.54) is 45.2 Å². The van der Waals surface area contributed by atoms with Crippen LogP contribution in [0.4, 0.5) is 0 Å². The Morgan fingerprint density at radius 3 is 2.57 bits per heavy atom. The van der Waals surface area contributed by atoms with E-state index in [9.17, 15) is 4.79 Å². The first kappa shape index (κ1) is 17.1. The van der Waals surface area contributed by atoms with Gasteiger partial charge in [0.2, 0.25) is 5.91 Å². The van der Waals surface area contributed by atoms with Crippen LogP contribution in [-0.2, 0) is 11.2 Å². The predicted octanol–water partition coefficient (Wildman–Crippen LogP) is 4.06.